The normalized spacial score (nSPS) is 12.1. The lowest BCUT2D eigenvalue weighted by molar-refractivity contribution is -0.142. The second-order valence-electron chi connectivity index (χ2n) is 9.12. The number of hydrogen-bond acceptors (Lipinski definition) is 5. The van der Waals surface area contributed by atoms with Crippen LogP contribution in [0.4, 0.5) is 24.5 Å². The van der Waals surface area contributed by atoms with Crippen LogP contribution in [0, 0.1) is 27.3 Å². The number of anilines is 1. The number of benzene rings is 1. The topological polar surface area (TPSA) is 76.5 Å². The maximum absolute atomic E-state index is 12.5. The van der Waals surface area contributed by atoms with Gasteiger partial charge in [-0.15, -0.1) is 0 Å². The number of hydrogen-bond donors (Lipinski definition) is 1. The van der Waals surface area contributed by atoms with Crippen molar-refractivity contribution in [2.75, 3.05) is 5.32 Å². The largest absolute Gasteiger partial charge is 0.408 e. The van der Waals surface area contributed by atoms with Gasteiger partial charge in [0.25, 0.3) is 6.57 Å². The van der Waals surface area contributed by atoms with Gasteiger partial charge >= 0.3 is 11.9 Å². The SMILES string of the molecule is C#[N+]/C(C)=C\C=C(/C)Nc1ccc(C)c(N=CC)c1.CC(=O)c1ccc(C)nc1-c1cnn(CC(F)(F)F)c1C. The Morgan fingerprint density at radius 3 is 2.42 bits per heavy atom. The molecule has 40 heavy (non-hydrogen) atoms. The van der Waals surface area contributed by atoms with Gasteiger partial charge in [0.05, 0.1) is 17.6 Å². The van der Waals surface area contributed by atoms with E-state index in [0.717, 1.165) is 33.0 Å². The van der Waals surface area contributed by atoms with Crippen LogP contribution in [-0.2, 0) is 6.54 Å². The van der Waals surface area contributed by atoms with Crippen molar-refractivity contribution < 1.29 is 18.0 Å². The van der Waals surface area contributed by atoms with Crippen molar-refractivity contribution in [3.8, 4) is 17.8 Å². The molecule has 0 saturated heterocycles. The summed E-state index contributed by atoms with van der Waals surface area (Å²) in [4.78, 5) is 23.9. The number of aryl methyl sites for hydroxylation is 2. The van der Waals surface area contributed by atoms with Crippen molar-refractivity contribution in [1.29, 1.82) is 0 Å². The van der Waals surface area contributed by atoms with E-state index in [4.69, 9.17) is 6.57 Å². The lowest BCUT2D eigenvalue weighted by Gasteiger charge is -2.10. The van der Waals surface area contributed by atoms with Crippen LogP contribution in [0.5, 0.6) is 0 Å². The summed E-state index contributed by atoms with van der Waals surface area (Å²) < 4.78 is 38.3. The molecule has 0 atom stereocenters. The van der Waals surface area contributed by atoms with E-state index >= 15 is 0 Å². The van der Waals surface area contributed by atoms with Crippen molar-refractivity contribution in [2.24, 2.45) is 4.99 Å². The molecule has 0 unspecified atom stereocenters. The predicted molar refractivity (Wildman–Crippen MR) is 155 cm³/mol. The number of aliphatic imine (C=N–C) groups is 1. The first-order valence-electron chi connectivity index (χ1n) is 12.5. The fourth-order valence-corrected chi connectivity index (χ4v) is 3.58. The van der Waals surface area contributed by atoms with Gasteiger partial charge in [-0.25, -0.2) is 0 Å². The molecule has 0 aliphatic rings. The van der Waals surface area contributed by atoms with E-state index in [2.05, 4.69) is 25.2 Å². The number of ketones is 1. The highest BCUT2D eigenvalue weighted by Gasteiger charge is 2.30. The number of nitrogens with one attached hydrogen (secondary N) is 1. The van der Waals surface area contributed by atoms with Crippen LogP contribution in [-0.4, -0.2) is 32.9 Å². The first-order chi connectivity index (χ1) is 18.7. The summed E-state index contributed by atoms with van der Waals surface area (Å²) in [6.45, 7) is 16.5. The molecule has 0 radical (unpaired) electrons. The summed E-state index contributed by atoms with van der Waals surface area (Å²) in [6.07, 6.45) is 2.56. The molecule has 10 heteroatoms. The summed E-state index contributed by atoms with van der Waals surface area (Å²) in [7, 11) is 0. The van der Waals surface area contributed by atoms with E-state index < -0.39 is 12.7 Å². The van der Waals surface area contributed by atoms with E-state index in [1.165, 1.54) is 20.0 Å². The third-order valence-electron chi connectivity index (χ3n) is 5.70. The van der Waals surface area contributed by atoms with E-state index in [9.17, 15) is 18.0 Å². The smallest absolute Gasteiger partial charge is 0.359 e. The fraction of sp³-hybridized carbons (Fsp3) is 0.300. The van der Waals surface area contributed by atoms with Gasteiger partial charge in [0.2, 0.25) is 0 Å². The standard InChI is InChI=1S/C16H20N3.C14H14F3N3O/c1-6-18-16-11-15(10-7-12(16)2)19-14(4)9-8-13(3)17-5;1-8-4-5-11(10(3)21)13(19-8)12-6-18-20(9(12)2)7-14(15,16)17/h5-11,19H,1-4H3;4-6H,7H2,1-3H3/q+1;/b13-8-,14-9+,18-6?;. The Bertz CT molecular complexity index is 1490. The van der Waals surface area contributed by atoms with Gasteiger partial charge in [-0.3, -0.25) is 19.5 Å². The summed E-state index contributed by atoms with van der Waals surface area (Å²) >= 11 is 0. The van der Waals surface area contributed by atoms with Crippen molar-refractivity contribution in [1.82, 2.24) is 14.8 Å². The molecule has 0 saturated carbocycles. The highest BCUT2D eigenvalue weighted by molar-refractivity contribution is 6.00. The number of alkyl halides is 3. The van der Waals surface area contributed by atoms with Gasteiger partial charge in [0.1, 0.15) is 6.54 Å². The molecule has 7 nitrogen and oxygen atoms in total. The predicted octanol–water partition coefficient (Wildman–Crippen LogP) is 8.23. The van der Waals surface area contributed by atoms with Gasteiger partial charge in [-0.2, -0.15) is 18.3 Å². The number of nitrogens with zero attached hydrogens (tertiary/aromatic N) is 5. The molecule has 0 aliphatic carbocycles. The van der Waals surface area contributed by atoms with Crippen LogP contribution < -0.4 is 5.32 Å². The van der Waals surface area contributed by atoms with Gasteiger partial charge in [0.15, 0.2) is 5.78 Å². The molecule has 0 amide bonds. The molecule has 2 heterocycles. The third-order valence-corrected chi connectivity index (χ3v) is 5.70. The van der Waals surface area contributed by atoms with Crippen LogP contribution >= 0.6 is 0 Å². The number of carbonyl (C=O) groups excluding carboxylic acids is 1. The number of carbonyl (C=O) groups is 1. The van der Waals surface area contributed by atoms with E-state index in [-0.39, 0.29) is 5.78 Å². The molecule has 0 aliphatic heterocycles. The molecular formula is C30H34F3N6O+. The maximum Gasteiger partial charge on any atom is 0.408 e. The average molecular weight is 552 g/mol. The van der Waals surface area contributed by atoms with Crippen LogP contribution in [0.25, 0.3) is 16.1 Å². The Hall–Kier alpha value is -4.52. The number of halogens is 3. The Kier molecular flexibility index (Phi) is 11.1. The fourth-order valence-electron chi connectivity index (χ4n) is 3.58. The van der Waals surface area contributed by atoms with Crippen LogP contribution in [0.2, 0.25) is 0 Å². The molecular weight excluding hydrogens is 517 g/mol. The molecule has 0 spiro atoms. The van der Waals surface area contributed by atoms with Crippen LogP contribution in [0.1, 0.15) is 55.0 Å². The molecule has 210 valence electrons. The monoisotopic (exact) mass is 551 g/mol. The van der Waals surface area contributed by atoms with E-state index in [0.29, 0.717) is 28.2 Å². The lowest BCUT2D eigenvalue weighted by atomic mass is 10.0. The number of pyridine rings is 1. The second-order valence-corrected chi connectivity index (χ2v) is 9.12. The van der Waals surface area contributed by atoms with Crippen molar-refractivity contribution in [3.63, 3.8) is 0 Å². The molecule has 3 aromatic rings. The summed E-state index contributed by atoms with van der Waals surface area (Å²) in [5.41, 5.74) is 7.12. The molecule has 2 aromatic heterocycles. The molecule has 0 fully saturated rings. The van der Waals surface area contributed by atoms with Crippen LogP contribution in [0.15, 0.2) is 65.1 Å². The Balaban J connectivity index is 0.000000282. The minimum atomic E-state index is -4.35. The highest BCUT2D eigenvalue weighted by atomic mass is 19.4. The van der Waals surface area contributed by atoms with Gasteiger partial charge < -0.3 is 5.32 Å². The van der Waals surface area contributed by atoms with Gasteiger partial charge in [0, 0.05) is 53.1 Å². The summed E-state index contributed by atoms with van der Waals surface area (Å²) in [6, 6.07) is 9.42. The van der Waals surface area contributed by atoms with Gasteiger partial charge in [-0.1, -0.05) is 6.07 Å². The van der Waals surface area contributed by atoms with E-state index in [1.54, 1.807) is 25.3 Å². The lowest BCUT2D eigenvalue weighted by Crippen LogP contribution is -2.19. The number of Topliss-reactive ketones (excluding diaryl/α,β-unsaturated/α-hetero) is 1. The minimum Gasteiger partial charge on any atom is -0.359 e. The first kappa shape index (κ1) is 31.7. The Morgan fingerprint density at radius 2 is 1.82 bits per heavy atom. The summed E-state index contributed by atoms with van der Waals surface area (Å²) in [5.74, 6) is -0.194. The molecule has 0 bridgehead atoms. The summed E-state index contributed by atoms with van der Waals surface area (Å²) in [5, 5.41) is 7.06. The van der Waals surface area contributed by atoms with Crippen molar-refractivity contribution >= 4 is 23.4 Å². The van der Waals surface area contributed by atoms with Gasteiger partial charge in [-0.05, 0) is 82.3 Å². The third kappa shape index (κ3) is 9.34. The van der Waals surface area contributed by atoms with E-state index in [1.807, 2.05) is 58.0 Å². The molecule has 1 aromatic carbocycles. The quantitative estimate of drug-likeness (QED) is 0.182. The maximum atomic E-state index is 12.5. The number of allylic oxidation sites excluding steroid dienone is 4. The van der Waals surface area contributed by atoms with Crippen molar-refractivity contribution in [2.45, 2.75) is 61.2 Å². The Morgan fingerprint density at radius 1 is 1.12 bits per heavy atom. The highest BCUT2D eigenvalue weighted by Crippen LogP contribution is 2.28. The Labute approximate surface area is 233 Å². The average Bonchev–Trinajstić information content (AvgIpc) is 3.23. The number of aromatic nitrogens is 3. The zero-order valence-corrected chi connectivity index (χ0v) is 23.8. The zero-order valence-electron chi connectivity index (χ0n) is 23.8. The van der Waals surface area contributed by atoms with Crippen LogP contribution in [0.3, 0.4) is 0 Å². The molecule has 3 rings (SSSR count). The molecule has 1 N–H and O–H groups in total. The number of rotatable bonds is 7. The first-order valence-corrected chi connectivity index (χ1v) is 12.5. The van der Waals surface area contributed by atoms with Crippen molar-refractivity contribution in [3.05, 3.63) is 87.4 Å². The second kappa shape index (κ2) is 14.0. The zero-order chi connectivity index (χ0) is 30.0. The minimum absolute atomic E-state index is 0.194.